The minimum absolute atomic E-state index is 0.882. The molecule has 0 unspecified atom stereocenters. The first-order valence-electron chi connectivity index (χ1n) is 1.93. The summed E-state index contributed by atoms with van der Waals surface area (Å²) < 4.78 is 34.1. The maximum Gasteiger partial charge on any atom is 0.164 e. The van der Waals surface area contributed by atoms with Crippen LogP contribution >= 0.6 is 0 Å². The Morgan fingerprint density at radius 1 is 1.29 bits per heavy atom. The highest BCUT2D eigenvalue weighted by molar-refractivity contribution is 4.68. The lowest BCUT2D eigenvalue weighted by atomic mass is 10.2. The molecule has 0 radical (unpaired) electrons. The highest BCUT2D eigenvalue weighted by Gasteiger charge is 2.21. The van der Waals surface area contributed by atoms with Crippen molar-refractivity contribution >= 4 is 0 Å². The quantitative estimate of drug-likeness (QED) is 0.509. The fourth-order valence-corrected chi connectivity index (χ4v) is 0.0357. The average molecular weight is 112 g/mol. The number of hydrogen-bond acceptors (Lipinski definition) is 0. The van der Waals surface area contributed by atoms with Gasteiger partial charge in [-0.2, -0.15) is 0 Å². The van der Waals surface area contributed by atoms with E-state index in [2.05, 4.69) is 0 Å². The van der Waals surface area contributed by atoms with Crippen LogP contribution in [0.4, 0.5) is 13.2 Å². The minimum atomic E-state index is -2.25. The molecule has 0 rings (SSSR count). The summed E-state index contributed by atoms with van der Waals surface area (Å²) in [5.74, 6) is 0. The molecule has 0 aliphatic carbocycles. The lowest BCUT2D eigenvalue weighted by Crippen LogP contribution is -2.22. The third-order valence-electron chi connectivity index (χ3n) is 0.557. The first kappa shape index (κ1) is 6.79. The van der Waals surface area contributed by atoms with Crippen LogP contribution in [0.25, 0.3) is 0 Å². The highest BCUT2D eigenvalue weighted by Crippen LogP contribution is 2.09. The molecule has 44 valence electrons. The number of hydrogen-bond donors (Lipinski definition) is 0. The standard InChI is InChI=1S/C4H7F3/c1-4(7,2-5)3-6/h2-3H2,1H3. The Morgan fingerprint density at radius 3 is 1.57 bits per heavy atom. The largest absolute Gasteiger partial charge is 0.247 e. The summed E-state index contributed by atoms with van der Waals surface area (Å²) in [6.45, 7) is -1.61. The van der Waals surface area contributed by atoms with Crippen LogP contribution < -0.4 is 0 Å². The van der Waals surface area contributed by atoms with Crippen molar-refractivity contribution in [2.75, 3.05) is 13.3 Å². The number of halogens is 3. The van der Waals surface area contributed by atoms with Crippen LogP contribution in [0.1, 0.15) is 6.92 Å². The van der Waals surface area contributed by atoms with Gasteiger partial charge >= 0.3 is 0 Å². The van der Waals surface area contributed by atoms with Crippen molar-refractivity contribution in [2.24, 2.45) is 0 Å². The minimum Gasteiger partial charge on any atom is -0.247 e. The van der Waals surface area contributed by atoms with Gasteiger partial charge in [-0.25, -0.2) is 13.2 Å². The second kappa shape index (κ2) is 2.19. The molecule has 0 fully saturated rings. The normalized spacial score (nSPS) is 12.0. The van der Waals surface area contributed by atoms with Crippen LogP contribution in [0, 0.1) is 0 Å². The maximum absolute atomic E-state index is 11.8. The van der Waals surface area contributed by atoms with Gasteiger partial charge in [-0.15, -0.1) is 0 Å². The molecule has 0 aromatic carbocycles. The third-order valence-corrected chi connectivity index (χ3v) is 0.557. The average Bonchev–Trinajstić information content (AvgIpc) is 1.68. The Hall–Kier alpha value is -0.210. The fraction of sp³-hybridized carbons (Fsp3) is 1.00. The van der Waals surface area contributed by atoms with Crippen LogP contribution in [0.3, 0.4) is 0 Å². The molecule has 0 amide bonds. The summed E-state index contributed by atoms with van der Waals surface area (Å²) in [6, 6.07) is 0. The summed E-state index contributed by atoms with van der Waals surface area (Å²) >= 11 is 0. The molecule has 0 aliphatic rings. The molecule has 0 heterocycles. The fourth-order valence-electron chi connectivity index (χ4n) is 0.0357. The zero-order valence-electron chi connectivity index (χ0n) is 4.05. The van der Waals surface area contributed by atoms with Crippen LogP contribution in [-0.2, 0) is 0 Å². The predicted octanol–water partition coefficient (Wildman–Crippen LogP) is 1.65. The Balaban J connectivity index is 3.36. The lowest BCUT2D eigenvalue weighted by molar-refractivity contribution is 0.106. The van der Waals surface area contributed by atoms with Gasteiger partial charge in [0.2, 0.25) is 0 Å². The van der Waals surface area contributed by atoms with Gasteiger partial charge in [-0.05, 0) is 6.92 Å². The lowest BCUT2D eigenvalue weighted by Gasteiger charge is -2.07. The van der Waals surface area contributed by atoms with Crippen molar-refractivity contribution in [1.82, 2.24) is 0 Å². The van der Waals surface area contributed by atoms with E-state index in [1.165, 1.54) is 0 Å². The molecular formula is C4H7F3. The summed E-state index contributed by atoms with van der Waals surface area (Å²) in [7, 11) is 0. The van der Waals surface area contributed by atoms with E-state index < -0.39 is 19.0 Å². The summed E-state index contributed by atoms with van der Waals surface area (Å²) in [5, 5.41) is 0. The van der Waals surface area contributed by atoms with Gasteiger partial charge in [-0.1, -0.05) is 0 Å². The molecule has 0 bridgehead atoms. The van der Waals surface area contributed by atoms with E-state index in [-0.39, 0.29) is 0 Å². The molecule has 3 heteroatoms. The number of alkyl halides is 3. The third kappa shape index (κ3) is 2.48. The summed E-state index contributed by atoms with van der Waals surface area (Å²) in [6.07, 6.45) is 0. The Kier molecular flexibility index (Phi) is 2.12. The maximum atomic E-state index is 11.8. The predicted molar refractivity (Wildman–Crippen MR) is 21.5 cm³/mol. The van der Waals surface area contributed by atoms with Crippen molar-refractivity contribution in [3.63, 3.8) is 0 Å². The van der Waals surface area contributed by atoms with Gasteiger partial charge < -0.3 is 0 Å². The van der Waals surface area contributed by atoms with Crippen molar-refractivity contribution in [3.05, 3.63) is 0 Å². The Labute approximate surface area is 40.3 Å². The second-order valence-corrected chi connectivity index (χ2v) is 1.68. The first-order valence-corrected chi connectivity index (χ1v) is 1.93. The van der Waals surface area contributed by atoms with Crippen molar-refractivity contribution in [1.29, 1.82) is 0 Å². The van der Waals surface area contributed by atoms with Gasteiger partial charge in [-0.3, -0.25) is 0 Å². The topological polar surface area (TPSA) is 0 Å². The van der Waals surface area contributed by atoms with Crippen LogP contribution in [0.5, 0.6) is 0 Å². The molecule has 7 heavy (non-hydrogen) atoms. The van der Waals surface area contributed by atoms with Crippen LogP contribution in [0.15, 0.2) is 0 Å². The Morgan fingerprint density at radius 2 is 1.57 bits per heavy atom. The molecule has 0 aromatic heterocycles. The molecule has 0 atom stereocenters. The van der Waals surface area contributed by atoms with E-state index in [4.69, 9.17) is 0 Å². The molecule has 0 saturated carbocycles. The van der Waals surface area contributed by atoms with E-state index in [0.29, 0.717) is 0 Å². The molecule has 0 saturated heterocycles. The molecule has 0 N–H and O–H groups in total. The van der Waals surface area contributed by atoms with E-state index in [1.54, 1.807) is 0 Å². The van der Waals surface area contributed by atoms with Gasteiger partial charge in [0.05, 0.1) is 0 Å². The first-order chi connectivity index (χ1) is 3.12. The molecule has 0 spiro atoms. The number of rotatable bonds is 2. The van der Waals surface area contributed by atoms with Crippen molar-refractivity contribution < 1.29 is 13.2 Å². The van der Waals surface area contributed by atoms with E-state index >= 15 is 0 Å². The zero-order chi connectivity index (χ0) is 5.91. The van der Waals surface area contributed by atoms with E-state index in [1.807, 2.05) is 0 Å². The van der Waals surface area contributed by atoms with Gasteiger partial charge in [0.25, 0.3) is 0 Å². The monoisotopic (exact) mass is 112 g/mol. The van der Waals surface area contributed by atoms with Crippen LogP contribution in [0.2, 0.25) is 0 Å². The van der Waals surface area contributed by atoms with E-state index in [9.17, 15) is 13.2 Å². The highest BCUT2D eigenvalue weighted by atomic mass is 19.2. The van der Waals surface area contributed by atoms with E-state index in [0.717, 1.165) is 6.92 Å². The van der Waals surface area contributed by atoms with Crippen molar-refractivity contribution in [3.8, 4) is 0 Å². The Bertz CT molecular complexity index is 44.9. The smallest absolute Gasteiger partial charge is 0.164 e. The second-order valence-electron chi connectivity index (χ2n) is 1.68. The van der Waals surface area contributed by atoms with Crippen LogP contribution in [-0.4, -0.2) is 19.0 Å². The zero-order valence-corrected chi connectivity index (χ0v) is 4.05. The summed E-state index contributed by atoms with van der Waals surface area (Å²) in [4.78, 5) is 0. The summed E-state index contributed by atoms with van der Waals surface area (Å²) in [5.41, 5.74) is -2.25. The molecule has 0 nitrogen and oxygen atoms in total. The SMILES string of the molecule is CC(F)(CF)CF. The van der Waals surface area contributed by atoms with Gasteiger partial charge in [0, 0.05) is 0 Å². The molecular weight excluding hydrogens is 105 g/mol. The van der Waals surface area contributed by atoms with Crippen molar-refractivity contribution in [2.45, 2.75) is 12.6 Å². The van der Waals surface area contributed by atoms with Gasteiger partial charge in [0.1, 0.15) is 13.3 Å². The molecule has 0 aromatic rings. The molecule has 0 aliphatic heterocycles. The van der Waals surface area contributed by atoms with Gasteiger partial charge in [0.15, 0.2) is 5.67 Å².